The molecule has 0 heterocycles. The Morgan fingerprint density at radius 3 is 2.53 bits per heavy atom. The Balaban J connectivity index is 2.33. The number of esters is 1. The number of hydrogen-bond acceptors (Lipinski definition) is 4. The van der Waals surface area contributed by atoms with E-state index in [1.807, 2.05) is 12.2 Å². The maximum absolute atomic E-state index is 11.3. The van der Waals surface area contributed by atoms with E-state index in [4.69, 9.17) is 4.55 Å². The number of carbonyl (C=O) groups excluding carboxylic acids is 1. The minimum absolute atomic E-state index is 0.324. The molecule has 0 saturated carbocycles. The molecule has 0 atom stereocenters. The fraction of sp³-hybridized carbons (Fsp3) is 0.444. The molecule has 84 valence electrons. The predicted octanol–water partition coefficient (Wildman–Crippen LogP) is 0.550. The first-order valence-electron chi connectivity index (χ1n) is 4.44. The van der Waals surface area contributed by atoms with Crippen molar-refractivity contribution in [2.45, 2.75) is 6.42 Å². The zero-order valence-electron chi connectivity index (χ0n) is 8.00. The molecule has 1 N–H and O–H groups in total. The van der Waals surface area contributed by atoms with Crippen molar-refractivity contribution in [1.82, 2.24) is 0 Å². The van der Waals surface area contributed by atoms with Crippen LogP contribution in [-0.2, 0) is 19.6 Å². The molecule has 0 unspecified atom stereocenters. The predicted molar refractivity (Wildman–Crippen MR) is 53.8 cm³/mol. The van der Waals surface area contributed by atoms with Crippen LogP contribution in [-0.4, -0.2) is 31.3 Å². The molecule has 0 radical (unpaired) electrons. The number of rotatable bonds is 4. The summed E-state index contributed by atoms with van der Waals surface area (Å²) in [4.78, 5) is 11.3. The van der Waals surface area contributed by atoms with Gasteiger partial charge in [0.15, 0.2) is 0 Å². The lowest BCUT2D eigenvalue weighted by Gasteiger charge is -2.10. The van der Waals surface area contributed by atoms with Crippen molar-refractivity contribution >= 4 is 16.1 Å². The van der Waals surface area contributed by atoms with Crippen LogP contribution < -0.4 is 0 Å². The van der Waals surface area contributed by atoms with Crippen LogP contribution >= 0.6 is 0 Å². The first-order valence-corrected chi connectivity index (χ1v) is 6.05. The summed E-state index contributed by atoms with van der Waals surface area (Å²) in [6.45, 7) is -0.324. The highest BCUT2D eigenvalue weighted by molar-refractivity contribution is 7.85. The number of hydrogen-bond donors (Lipinski definition) is 1. The SMILES string of the molecule is O=C(OCCS(=O)(=O)O)C1C=CCC=C1. The van der Waals surface area contributed by atoms with Gasteiger partial charge in [0.05, 0.1) is 5.92 Å². The van der Waals surface area contributed by atoms with Gasteiger partial charge in [0, 0.05) is 0 Å². The van der Waals surface area contributed by atoms with Crippen LogP contribution in [0.4, 0.5) is 0 Å². The molecule has 5 nitrogen and oxygen atoms in total. The average Bonchev–Trinajstić information content (AvgIpc) is 2.17. The van der Waals surface area contributed by atoms with Crippen molar-refractivity contribution in [2.24, 2.45) is 5.92 Å². The first kappa shape index (κ1) is 11.9. The molecule has 1 rings (SSSR count). The van der Waals surface area contributed by atoms with Gasteiger partial charge in [0.2, 0.25) is 0 Å². The standard InChI is InChI=1S/C9H12O5S/c10-9(8-4-2-1-3-5-8)14-6-7-15(11,12)13/h2-5,8H,1,6-7H2,(H,11,12,13). The van der Waals surface area contributed by atoms with E-state index in [9.17, 15) is 13.2 Å². The average molecular weight is 232 g/mol. The van der Waals surface area contributed by atoms with Crippen molar-refractivity contribution in [1.29, 1.82) is 0 Å². The Bertz CT molecular complexity index is 367. The fourth-order valence-corrected chi connectivity index (χ4v) is 1.39. The molecule has 0 bridgehead atoms. The minimum Gasteiger partial charge on any atom is -0.464 e. The molecule has 0 amide bonds. The van der Waals surface area contributed by atoms with E-state index < -0.39 is 27.8 Å². The van der Waals surface area contributed by atoms with Gasteiger partial charge in [0.1, 0.15) is 12.4 Å². The van der Waals surface area contributed by atoms with Crippen molar-refractivity contribution in [3.8, 4) is 0 Å². The van der Waals surface area contributed by atoms with Gasteiger partial charge in [-0.2, -0.15) is 8.42 Å². The summed E-state index contributed by atoms with van der Waals surface area (Å²) in [5, 5.41) is 0. The summed E-state index contributed by atoms with van der Waals surface area (Å²) in [5.74, 6) is -1.52. The number of carbonyl (C=O) groups is 1. The van der Waals surface area contributed by atoms with Gasteiger partial charge in [-0.05, 0) is 6.42 Å². The summed E-state index contributed by atoms with van der Waals surface area (Å²) in [6.07, 6.45) is 7.82. The van der Waals surface area contributed by atoms with E-state index >= 15 is 0 Å². The van der Waals surface area contributed by atoms with Crippen LogP contribution in [0.5, 0.6) is 0 Å². The van der Waals surface area contributed by atoms with Gasteiger partial charge in [-0.25, -0.2) is 0 Å². The maximum Gasteiger partial charge on any atom is 0.316 e. The third-order valence-corrected chi connectivity index (χ3v) is 2.50. The van der Waals surface area contributed by atoms with Gasteiger partial charge in [0.25, 0.3) is 10.1 Å². The van der Waals surface area contributed by atoms with E-state index in [0.717, 1.165) is 6.42 Å². The second kappa shape index (κ2) is 5.09. The molecule has 0 aromatic heterocycles. The molecule has 6 heteroatoms. The molecule has 0 aromatic rings. The Labute approximate surface area is 88.2 Å². The van der Waals surface area contributed by atoms with E-state index in [1.165, 1.54) is 0 Å². The van der Waals surface area contributed by atoms with E-state index in [-0.39, 0.29) is 6.61 Å². The summed E-state index contributed by atoms with van der Waals surface area (Å²) in [6, 6.07) is 0. The lowest BCUT2D eigenvalue weighted by Crippen LogP contribution is -2.19. The maximum atomic E-state index is 11.3. The van der Waals surface area contributed by atoms with E-state index in [1.54, 1.807) is 12.2 Å². The van der Waals surface area contributed by atoms with Gasteiger partial charge >= 0.3 is 5.97 Å². The monoisotopic (exact) mass is 232 g/mol. The van der Waals surface area contributed by atoms with Crippen LogP contribution in [0.1, 0.15) is 6.42 Å². The van der Waals surface area contributed by atoms with Crippen molar-refractivity contribution in [2.75, 3.05) is 12.4 Å². The lowest BCUT2D eigenvalue weighted by molar-refractivity contribution is -0.144. The summed E-state index contributed by atoms with van der Waals surface area (Å²) < 4.78 is 33.7. The summed E-state index contributed by atoms with van der Waals surface area (Å²) in [7, 11) is -4.06. The fourth-order valence-electron chi connectivity index (χ4n) is 1.09. The highest BCUT2D eigenvalue weighted by Crippen LogP contribution is 2.10. The van der Waals surface area contributed by atoms with Crippen molar-refractivity contribution in [3.05, 3.63) is 24.3 Å². The Hall–Kier alpha value is -1.14. The van der Waals surface area contributed by atoms with Gasteiger partial charge < -0.3 is 4.74 Å². The number of ether oxygens (including phenoxy) is 1. The smallest absolute Gasteiger partial charge is 0.316 e. The van der Waals surface area contributed by atoms with Crippen molar-refractivity contribution in [3.63, 3.8) is 0 Å². The quantitative estimate of drug-likeness (QED) is 0.435. The molecule has 1 aliphatic carbocycles. The van der Waals surface area contributed by atoms with E-state index in [2.05, 4.69) is 4.74 Å². The van der Waals surface area contributed by atoms with Crippen LogP contribution in [0.2, 0.25) is 0 Å². The topological polar surface area (TPSA) is 80.7 Å². The first-order chi connectivity index (χ1) is 6.99. The van der Waals surface area contributed by atoms with Crippen molar-refractivity contribution < 1.29 is 22.5 Å². The Kier molecular flexibility index (Phi) is 4.05. The Morgan fingerprint density at radius 2 is 2.00 bits per heavy atom. The third-order valence-electron chi connectivity index (χ3n) is 1.82. The molecular weight excluding hydrogens is 220 g/mol. The molecule has 0 aliphatic heterocycles. The molecule has 0 fully saturated rings. The minimum atomic E-state index is -4.06. The normalized spacial score (nSPS) is 16.6. The Morgan fingerprint density at radius 1 is 1.40 bits per heavy atom. The number of allylic oxidation sites excluding steroid dienone is 2. The molecular formula is C9H12O5S. The zero-order valence-corrected chi connectivity index (χ0v) is 8.81. The van der Waals surface area contributed by atoms with Gasteiger partial charge in [-0.15, -0.1) is 0 Å². The second-order valence-electron chi connectivity index (χ2n) is 3.07. The highest BCUT2D eigenvalue weighted by Gasteiger charge is 2.16. The largest absolute Gasteiger partial charge is 0.464 e. The van der Waals surface area contributed by atoms with Crippen LogP contribution in [0.3, 0.4) is 0 Å². The highest BCUT2D eigenvalue weighted by atomic mass is 32.2. The summed E-state index contributed by atoms with van der Waals surface area (Å²) >= 11 is 0. The van der Waals surface area contributed by atoms with Crippen LogP contribution in [0.25, 0.3) is 0 Å². The molecule has 0 spiro atoms. The molecule has 1 aliphatic rings. The van der Waals surface area contributed by atoms with Crippen LogP contribution in [0, 0.1) is 5.92 Å². The van der Waals surface area contributed by atoms with Gasteiger partial charge in [-0.1, -0.05) is 24.3 Å². The van der Waals surface area contributed by atoms with Gasteiger partial charge in [-0.3, -0.25) is 9.35 Å². The summed E-state index contributed by atoms with van der Waals surface area (Å²) in [5.41, 5.74) is 0. The zero-order chi connectivity index (χ0) is 11.3. The second-order valence-corrected chi connectivity index (χ2v) is 4.64. The van der Waals surface area contributed by atoms with E-state index in [0.29, 0.717) is 0 Å². The lowest BCUT2D eigenvalue weighted by atomic mass is 10.0. The van der Waals surface area contributed by atoms with Crippen LogP contribution in [0.15, 0.2) is 24.3 Å². The molecule has 0 aromatic carbocycles. The third kappa shape index (κ3) is 4.75. The molecule has 15 heavy (non-hydrogen) atoms. The molecule has 0 saturated heterocycles.